The van der Waals surface area contributed by atoms with E-state index in [1.54, 1.807) is 12.1 Å². The molecule has 0 aliphatic rings. The van der Waals surface area contributed by atoms with E-state index < -0.39 is 0 Å². The highest BCUT2D eigenvalue weighted by Crippen LogP contribution is 2.19. The Kier molecular flexibility index (Phi) is 3.66. The van der Waals surface area contributed by atoms with Crippen LogP contribution in [0.1, 0.15) is 11.6 Å². The number of benzene rings is 2. The lowest BCUT2D eigenvalue weighted by molar-refractivity contribution is 0.790. The summed E-state index contributed by atoms with van der Waals surface area (Å²) in [6.45, 7) is 0. The van der Waals surface area contributed by atoms with Crippen molar-refractivity contribution in [3.05, 3.63) is 75.7 Å². The number of hydrogen-bond donors (Lipinski definition) is 2. The number of rotatable bonds is 4. The maximum Gasteiger partial charge on any atom is 0.347 e. The Labute approximate surface area is 142 Å². The fourth-order valence-electron chi connectivity index (χ4n) is 2.73. The van der Waals surface area contributed by atoms with Gasteiger partial charge >= 0.3 is 5.69 Å². The average Bonchev–Trinajstić information content (AvgIpc) is 3.16. The predicted octanol–water partition coefficient (Wildman–Crippen LogP) is 2.88. The van der Waals surface area contributed by atoms with Crippen molar-refractivity contribution < 1.29 is 0 Å². The standard InChI is InChI=1S/C17H14ClN5O/c18-11-5-1-4-8-14(11)23-16(21-22-17(23)24)10-9-15-19-12-6-2-3-7-13(12)20-15/h1-8H,9-10H2,(H,19,20)(H,22,24). The van der Waals surface area contributed by atoms with E-state index in [0.29, 0.717) is 29.4 Å². The molecule has 0 radical (unpaired) electrons. The number of H-pyrrole nitrogens is 2. The van der Waals surface area contributed by atoms with E-state index >= 15 is 0 Å². The first-order valence-electron chi connectivity index (χ1n) is 7.57. The van der Waals surface area contributed by atoms with Crippen LogP contribution >= 0.6 is 11.6 Å². The van der Waals surface area contributed by atoms with Crippen molar-refractivity contribution in [1.29, 1.82) is 0 Å². The van der Waals surface area contributed by atoms with Crippen molar-refractivity contribution in [3.63, 3.8) is 0 Å². The van der Waals surface area contributed by atoms with Crippen LogP contribution in [0.5, 0.6) is 0 Å². The molecule has 4 aromatic rings. The van der Waals surface area contributed by atoms with Crippen LogP contribution in [-0.2, 0) is 12.8 Å². The Morgan fingerprint density at radius 3 is 2.67 bits per heavy atom. The van der Waals surface area contributed by atoms with Gasteiger partial charge in [-0.3, -0.25) is 0 Å². The van der Waals surface area contributed by atoms with E-state index in [4.69, 9.17) is 11.6 Å². The highest BCUT2D eigenvalue weighted by Gasteiger charge is 2.13. The molecule has 24 heavy (non-hydrogen) atoms. The number of para-hydroxylation sites is 3. The third-order valence-corrected chi connectivity index (χ3v) is 4.18. The molecule has 2 N–H and O–H groups in total. The van der Waals surface area contributed by atoms with E-state index in [0.717, 1.165) is 16.9 Å². The monoisotopic (exact) mass is 339 g/mol. The quantitative estimate of drug-likeness (QED) is 0.600. The molecule has 6 nitrogen and oxygen atoms in total. The van der Waals surface area contributed by atoms with Crippen LogP contribution in [0.25, 0.3) is 16.7 Å². The summed E-state index contributed by atoms with van der Waals surface area (Å²) in [6.07, 6.45) is 1.20. The Hall–Kier alpha value is -2.86. The van der Waals surface area contributed by atoms with E-state index in [9.17, 15) is 4.79 Å². The van der Waals surface area contributed by atoms with Crippen molar-refractivity contribution in [2.75, 3.05) is 0 Å². The van der Waals surface area contributed by atoms with Gasteiger partial charge < -0.3 is 4.98 Å². The molecule has 2 heterocycles. The van der Waals surface area contributed by atoms with Crippen molar-refractivity contribution >= 4 is 22.6 Å². The van der Waals surface area contributed by atoms with Gasteiger partial charge in [0.2, 0.25) is 0 Å². The van der Waals surface area contributed by atoms with Gasteiger partial charge in [0.1, 0.15) is 11.6 Å². The van der Waals surface area contributed by atoms with Crippen LogP contribution in [0.2, 0.25) is 5.02 Å². The molecule has 0 atom stereocenters. The molecule has 0 amide bonds. The van der Waals surface area contributed by atoms with Crippen LogP contribution < -0.4 is 5.69 Å². The average molecular weight is 340 g/mol. The number of nitrogens with zero attached hydrogens (tertiary/aromatic N) is 3. The molecular formula is C17H14ClN5O. The van der Waals surface area contributed by atoms with Crippen LogP contribution in [0, 0.1) is 0 Å². The summed E-state index contributed by atoms with van der Waals surface area (Å²) in [5.41, 5.74) is 2.25. The summed E-state index contributed by atoms with van der Waals surface area (Å²) in [7, 11) is 0. The lowest BCUT2D eigenvalue weighted by atomic mass is 10.2. The minimum atomic E-state index is -0.303. The maximum atomic E-state index is 12.1. The third-order valence-electron chi connectivity index (χ3n) is 3.86. The molecule has 2 aromatic carbocycles. The van der Waals surface area contributed by atoms with Gasteiger partial charge in [0.05, 0.1) is 21.7 Å². The highest BCUT2D eigenvalue weighted by atomic mass is 35.5. The van der Waals surface area contributed by atoms with Crippen LogP contribution in [0.4, 0.5) is 0 Å². The number of imidazole rings is 1. The van der Waals surface area contributed by atoms with Gasteiger partial charge in [-0.15, -0.1) is 0 Å². The first-order chi connectivity index (χ1) is 11.7. The zero-order valence-electron chi connectivity index (χ0n) is 12.7. The number of aromatic nitrogens is 5. The van der Waals surface area contributed by atoms with E-state index in [1.807, 2.05) is 36.4 Å². The summed E-state index contributed by atoms with van der Waals surface area (Å²) < 4.78 is 1.50. The van der Waals surface area contributed by atoms with Gasteiger partial charge in [-0.25, -0.2) is 19.4 Å². The van der Waals surface area contributed by atoms with Crippen molar-refractivity contribution in [2.24, 2.45) is 0 Å². The Morgan fingerprint density at radius 2 is 1.83 bits per heavy atom. The van der Waals surface area contributed by atoms with Crippen LogP contribution in [-0.4, -0.2) is 24.7 Å². The highest BCUT2D eigenvalue weighted by molar-refractivity contribution is 6.32. The van der Waals surface area contributed by atoms with Crippen molar-refractivity contribution in [3.8, 4) is 5.69 Å². The minimum absolute atomic E-state index is 0.303. The Morgan fingerprint density at radius 1 is 1.04 bits per heavy atom. The Bertz CT molecular complexity index is 1030. The lowest BCUT2D eigenvalue weighted by Gasteiger charge is -2.06. The van der Waals surface area contributed by atoms with Crippen LogP contribution in [0.15, 0.2) is 53.3 Å². The van der Waals surface area contributed by atoms with Gasteiger partial charge in [0.15, 0.2) is 0 Å². The number of aromatic amines is 2. The zero-order valence-corrected chi connectivity index (χ0v) is 13.4. The second-order valence-electron chi connectivity index (χ2n) is 5.43. The van der Waals surface area contributed by atoms with Crippen LogP contribution in [0.3, 0.4) is 0 Å². The first kappa shape index (κ1) is 14.7. The Balaban J connectivity index is 1.64. The smallest absolute Gasteiger partial charge is 0.342 e. The third kappa shape index (κ3) is 2.61. The van der Waals surface area contributed by atoms with Gasteiger partial charge in [-0.2, -0.15) is 5.10 Å². The molecule has 0 unspecified atom stereocenters. The summed E-state index contributed by atoms with van der Waals surface area (Å²) in [6, 6.07) is 15.1. The van der Waals surface area contributed by atoms with E-state index in [1.165, 1.54) is 4.57 Å². The molecule has 7 heteroatoms. The van der Waals surface area contributed by atoms with Crippen molar-refractivity contribution in [1.82, 2.24) is 24.7 Å². The maximum absolute atomic E-state index is 12.1. The number of hydrogen-bond acceptors (Lipinski definition) is 3. The number of halogens is 1. The number of nitrogens with one attached hydrogen (secondary N) is 2. The van der Waals surface area contributed by atoms with E-state index in [2.05, 4.69) is 20.2 Å². The summed E-state index contributed by atoms with van der Waals surface area (Å²) >= 11 is 6.21. The molecule has 0 aliphatic heterocycles. The molecule has 4 rings (SSSR count). The SMILES string of the molecule is O=c1[nH]nc(CCc2nc3ccccc3[nH]2)n1-c1ccccc1Cl. The summed E-state index contributed by atoms with van der Waals surface area (Å²) in [5.74, 6) is 1.48. The molecule has 0 spiro atoms. The molecule has 120 valence electrons. The molecule has 0 saturated carbocycles. The second-order valence-corrected chi connectivity index (χ2v) is 5.84. The topological polar surface area (TPSA) is 79.4 Å². The predicted molar refractivity (Wildman–Crippen MR) is 92.7 cm³/mol. The normalized spacial score (nSPS) is 11.2. The van der Waals surface area contributed by atoms with Gasteiger partial charge in [0.25, 0.3) is 0 Å². The summed E-state index contributed by atoms with van der Waals surface area (Å²) in [4.78, 5) is 19.9. The molecule has 0 aliphatic carbocycles. The fourth-order valence-corrected chi connectivity index (χ4v) is 2.95. The molecule has 0 bridgehead atoms. The van der Waals surface area contributed by atoms with Gasteiger partial charge in [-0.05, 0) is 24.3 Å². The largest absolute Gasteiger partial charge is 0.347 e. The lowest BCUT2D eigenvalue weighted by Crippen LogP contribution is -2.17. The minimum Gasteiger partial charge on any atom is -0.342 e. The van der Waals surface area contributed by atoms with Gasteiger partial charge in [0, 0.05) is 12.8 Å². The molecular weight excluding hydrogens is 326 g/mol. The zero-order chi connectivity index (χ0) is 16.5. The molecule has 2 aromatic heterocycles. The van der Waals surface area contributed by atoms with Gasteiger partial charge in [-0.1, -0.05) is 35.9 Å². The summed E-state index contributed by atoms with van der Waals surface area (Å²) in [5, 5.41) is 7.13. The number of aryl methyl sites for hydroxylation is 2. The molecule has 0 saturated heterocycles. The van der Waals surface area contributed by atoms with Crippen molar-refractivity contribution in [2.45, 2.75) is 12.8 Å². The van der Waals surface area contributed by atoms with E-state index in [-0.39, 0.29) is 5.69 Å². The molecule has 0 fully saturated rings. The number of fused-ring (bicyclic) bond motifs is 1. The first-order valence-corrected chi connectivity index (χ1v) is 7.95. The fraction of sp³-hybridized carbons (Fsp3) is 0.118. The second kappa shape index (κ2) is 5.98.